The summed E-state index contributed by atoms with van der Waals surface area (Å²) in [5.74, 6) is 0.739. The minimum absolute atomic E-state index is 0.0966. The van der Waals surface area contributed by atoms with Crippen LogP contribution in [-0.2, 0) is 0 Å². The van der Waals surface area contributed by atoms with Gasteiger partial charge < -0.3 is 5.11 Å². The van der Waals surface area contributed by atoms with Crippen LogP contribution < -0.4 is 0 Å². The third-order valence-electron chi connectivity index (χ3n) is 4.51. The number of nitrogens with zero attached hydrogens (tertiary/aromatic N) is 4. The molecule has 0 spiro atoms. The van der Waals surface area contributed by atoms with Crippen LogP contribution in [0, 0.1) is 20.8 Å². The number of hydrogen-bond acceptors (Lipinski definition) is 4. The number of imidazole rings is 1. The maximum absolute atomic E-state index is 9.98. The van der Waals surface area contributed by atoms with Crippen molar-refractivity contribution in [1.82, 2.24) is 9.38 Å². The third kappa shape index (κ3) is 3.19. The third-order valence-corrected chi connectivity index (χ3v) is 4.51. The summed E-state index contributed by atoms with van der Waals surface area (Å²) in [4.78, 5) is 4.80. The molecule has 27 heavy (non-hydrogen) atoms. The van der Waals surface area contributed by atoms with E-state index in [0.717, 1.165) is 28.0 Å². The van der Waals surface area contributed by atoms with Crippen molar-refractivity contribution in [3.05, 3.63) is 77.5 Å². The molecule has 0 aliphatic rings. The van der Waals surface area contributed by atoms with Crippen molar-refractivity contribution < 1.29 is 5.11 Å². The van der Waals surface area contributed by atoms with Crippen LogP contribution in [-0.4, -0.2) is 14.5 Å². The zero-order valence-corrected chi connectivity index (χ0v) is 15.5. The Bertz CT molecular complexity index is 1170. The van der Waals surface area contributed by atoms with Gasteiger partial charge in [0.05, 0.1) is 0 Å². The van der Waals surface area contributed by atoms with E-state index >= 15 is 0 Å². The standard InChI is InChI=1S/C22H20N4O/c1-14-8-10-17(16(3)12-14)21-22(25-24-18-6-4-5-7-19(18)27)26-13-15(2)9-11-20(26)23-21/h4-13,27H,1-3H3. The predicted molar refractivity (Wildman–Crippen MR) is 107 cm³/mol. The molecule has 2 heterocycles. The summed E-state index contributed by atoms with van der Waals surface area (Å²) in [6, 6.07) is 17.2. The number of aromatic nitrogens is 2. The number of para-hydroxylation sites is 1. The highest BCUT2D eigenvalue weighted by Gasteiger charge is 2.16. The average Bonchev–Trinajstić information content (AvgIpc) is 2.98. The van der Waals surface area contributed by atoms with Gasteiger partial charge in [-0.05, 0) is 50.1 Å². The quantitative estimate of drug-likeness (QED) is 0.454. The van der Waals surface area contributed by atoms with E-state index in [9.17, 15) is 5.11 Å². The number of aryl methyl sites for hydroxylation is 3. The molecular weight excluding hydrogens is 336 g/mol. The van der Waals surface area contributed by atoms with Gasteiger partial charge in [0.15, 0.2) is 5.82 Å². The number of aromatic hydroxyl groups is 1. The molecule has 1 N–H and O–H groups in total. The Morgan fingerprint density at radius 1 is 0.889 bits per heavy atom. The molecular formula is C22H20N4O. The van der Waals surface area contributed by atoms with E-state index in [2.05, 4.69) is 42.3 Å². The fraction of sp³-hybridized carbons (Fsp3) is 0.136. The summed E-state index contributed by atoms with van der Waals surface area (Å²) >= 11 is 0. The summed E-state index contributed by atoms with van der Waals surface area (Å²) in [6.07, 6.45) is 1.99. The van der Waals surface area contributed by atoms with Gasteiger partial charge in [0, 0.05) is 11.8 Å². The zero-order chi connectivity index (χ0) is 19.0. The van der Waals surface area contributed by atoms with Crippen molar-refractivity contribution in [2.45, 2.75) is 20.8 Å². The minimum Gasteiger partial charge on any atom is -0.506 e. The molecule has 134 valence electrons. The molecule has 4 rings (SSSR count). The summed E-state index contributed by atoms with van der Waals surface area (Å²) in [7, 11) is 0. The minimum atomic E-state index is 0.0966. The number of fused-ring (bicyclic) bond motifs is 1. The second-order valence-corrected chi connectivity index (χ2v) is 6.73. The maximum Gasteiger partial charge on any atom is 0.187 e. The Morgan fingerprint density at radius 3 is 2.44 bits per heavy atom. The van der Waals surface area contributed by atoms with Gasteiger partial charge in [-0.25, -0.2) is 4.98 Å². The molecule has 0 radical (unpaired) electrons. The topological polar surface area (TPSA) is 62.2 Å². The Morgan fingerprint density at radius 2 is 1.67 bits per heavy atom. The fourth-order valence-electron chi connectivity index (χ4n) is 3.14. The molecule has 0 atom stereocenters. The highest BCUT2D eigenvalue weighted by Crippen LogP contribution is 2.35. The largest absolute Gasteiger partial charge is 0.506 e. The highest BCUT2D eigenvalue weighted by molar-refractivity contribution is 5.77. The first kappa shape index (κ1) is 17.0. The first-order chi connectivity index (χ1) is 13.0. The van der Waals surface area contributed by atoms with Gasteiger partial charge in [0.2, 0.25) is 0 Å². The van der Waals surface area contributed by atoms with Crippen LogP contribution in [0.25, 0.3) is 16.9 Å². The summed E-state index contributed by atoms with van der Waals surface area (Å²) in [6.45, 7) is 6.17. The smallest absolute Gasteiger partial charge is 0.187 e. The lowest BCUT2D eigenvalue weighted by molar-refractivity contribution is 0.476. The van der Waals surface area contributed by atoms with E-state index in [1.807, 2.05) is 35.7 Å². The molecule has 2 aromatic heterocycles. The number of azo groups is 1. The van der Waals surface area contributed by atoms with E-state index in [-0.39, 0.29) is 5.75 Å². The first-order valence-corrected chi connectivity index (χ1v) is 8.79. The Labute approximate surface area is 157 Å². The zero-order valence-electron chi connectivity index (χ0n) is 15.5. The monoisotopic (exact) mass is 356 g/mol. The van der Waals surface area contributed by atoms with E-state index in [0.29, 0.717) is 11.5 Å². The number of hydrogen-bond donors (Lipinski definition) is 1. The lowest BCUT2D eigenvalue weighted by Gasteiger charge is -2.05. The second-order valence-electron chi connectivity index (χ2n) is 6.73. The van der Waals surface area contributed by atoms with Crippen LogP contribution in [0.5, 0.6) is 5.75 Å². The molecule has 2 aromatic carbocycles. The molecule has 5 heteroatoms. The normalized spacial score (nSPS) is 11.5. The molecule has 0 bridgehead atoms. The second kappa shape index (κ2) is 6.68. The van der Waals surface area contributed by atoms with Crippen molar-refractivity contribution in [2.24, 2.45) is 10.2 Å². The maximum atomic E-state index is 9.98. The molecule has 0 aliphatic heterocycles. The van der Waals surface area contributed by atoms with Gasteiger partial charge in [-0.15, -0.1) is 10.2 Å². The van der Waals surface area contributed by atoms with Crippen molar-refractivity contribution >= 4 is 17.2 Å². The summed E-state index contributed by atoms with van der Waals surface area (Å²) in [5, 5.41) is 18.7. The van der Waals surface area contributed by atoms with Crippen LogP contribution in [0.2, 0.25) is 0 Å². The molecule has 0 saturated heterocycles. The Hall–Kier alpha value is -3.47. The van der Waals surface area contributed by atoms with Gasteiger partial charge in [-0.2, -0.15) is 0 Å². The van der Waals surface area contributed by atoms with E-state index < -0.39 is 0 Å². The molecule has 0 amide bonds. The van der Waals surface area contributed by atoms with Gasteiger partial charge in [0.1, 0.15) is 22.8 Å². The lowest BCUT2D eigenvalue weighted by Crippen LogP contribution is -1.86. The van der Waals surface area contributed by atoms with Crippen LogP contribution in [0.1, 0.15) is 16.7 Å². The summed E-state index contributed by atoms with van der Waals surface area (Å²) < 4.78 is 1.94. The summed E-state index contributed by atoms with van der Waals surface area (Å²) in [5.41, 5.74) is 6.47. The number of phenolic OH excluding ortho intramolecular Hbond substituents is 1. The van der Waals surface area contributed by atoms with E-state index in [4.69, 9.17) is 4.98 Å². The predicted octanol–water partition coefficient (Wildman–Crippen LogP) is 6.05. The van der Waals surface area contributed by atoms with Crippen molar-refractivity contribution in [3.63, 3.8) is 0 Å². The van der Waals surface area contributed by atoms with Crippen LogP contribution in [0.15, 0.2) is 71.0 Å². The fourth-order valence-corrected chi connectivity index (χ4v) is 3.14. The van der Waals surface area contributed by atoms with Crippen molar-refractivity contribution in [1.29, 1.82) is 0 Å². The molecule has 5 nitrogen and oxygen atoms in total. The van der Waals surface area contributed by atoms with Gasteiger partial charge in [-0.1, -0.05) is 42.0 Å². The molecule has 0 saturated carbocycles. The van der Waals surface area contributed by atoms with Crippen LogP contribution in [0.4, 0.5) is 11.5 Å². The number of benzene rings is 2. The number of phenols is 1. The first-order valence-electron chi connectivity index (χ1n) is 8.79. The van der Waals surface area contributed by atoms with Gasteiger partial charge in [-0.3, -0.25) is 4.40 Å². The highest BCUT2D eigenvalue weighted by atomic mass is 16.3. The number of pyridine rings is 1. The number of rotatable bonds is 3. The SMILES string of the molecule is Cc1ccc(-c2nc3ccc(C)cn3c2N=Nc2ccccc2O)c(C)c1. The van der Waals surface area contributed by atoms with Crippen molar-refractivity contribution in [2.75, 3.05) is 0 Å². The molecule has 0 aliphatic carbocycles. The molecule has 0 fully saturated rings. The average molecular weight is 356 g/mol. The lowest BCUT2D eigenvalue weighted by atomic mass is 10.0. The molecule has 4 aromatic rings. The van der Waals surface area contributed by atoms with Gasteiger partial charge in [0.25, 0.3) is 0 Å². The Kier molecular flexibility index (Phi) is 4.20. The van der Waals surface area contributed by atoms with Crippen LogP contribution in [0.3, 0.4) is 0 Å². The van der Waals surface area contributed by atoms with Crippen molar-refractivity contribution in [3.8, 4) is 17.0 Å². The molecule has 0 unspecified atom stereocenters. The Balaban J connectivity index is 1.94. The van der Waals surface area contributed by atoms with Crippen LogP contribution >= 0.6 is 0 Å². The van der Waals surface area contributed by atoms with E-state index in [1.54, 1.807) is 18.2 Å². The van der Waals surface area contributed by atoms with E-state index in [1.165, 1.54) is 5.56 Å². The van der Waals surface area contributed by atoms with Gasteiger partial charge >= 0.3 is 0 Å².